The van der Waals surface area contributed by atoms with E-state index in [1.54, 1.807) is 18.2 Å². The number of hydrogen-bond donors (Lipinski definition) is 2. The molecule has 0 radical (unpaired) electrons. The highest BCUT2D eigenvalue weighted by Crippen LogP contribution is 2.22. The SMILES string of the molecule is C/C=C/CCNC(=O)c1cccc(N)c1Cl. The number of allylic oxidation sites excluding steroid dienone is 1. The zero-order valence-corrected chi connectivity index (χ0v) is 9.92. The number of hydrogen-bond acceptors (Lipinski definition) is 2. The number of amides is 1. The molecule has 1 aromatic rings. The van der Waals surface area contributed by atoms with Gasteiger partial charge in [-0.2, -0.15) is 0 Å². The van der Waals surface area contributed by atoms with Crippen LogP contribution in [0.15, 0.2) is 30.4 Å². The molecule has 1 amide bonds. The largest absolute Gasteiger partial charge is 0.398 e. The van der Waals surface area contributed by atoms with Gasteiger partial charge < -0.3 is 11.1 Å². The molecule has 0 spiro atoms. The van der Waals surface area contributed by atoms with Crippen LogP contribution in [0.5, 0.6) is 0 Å². The molecule has 0 aromatic heterocycles. The van der Waals surface area contributed by atoms with Crippen LogP contribution in [-0.2, 0) is 0 Å². The maximum Gasteiger partial charge on any atom is 0.252 e. The molecule has 1 rings (SSSR count). The topological polar surface area (TPSA) is 55.1 Å². The monoisotopic (exact) mass is 238 g/mol. The van der Waals surface area contributed by atoms with E-state index in [1.807, 2.05) is 19.1 Å². The van der Waals surface area contributed by atoms with Gasteiger partial charge in [0.25, 0.3) is 5.91 Å². The highest BCUT2D eigenvalue weighted by atomic mass is 35.5. The van der Waals surface area contributed by atoms with Gasteiger partial charge >= 0.3 is 0 Å². The number of anilines is 1. The lowest BCUT2D eigenvalue weighted by Gasteiger charge is -2.06. The van der Waals surface area contributed by atoms with Crippen LogP contribution < -0.4 is 11.1 Å². The van der Waals surface area contributed by atoms with Crippen LogP contribution in [0.3, 0.4) is 0 Å². The molecule has 0 bridgehead atoms. The molecule has 86 valence electrons. The predicted molar refractivity (Wildman–Crippen MR) is 67.6 cm³/mol. The maximum absolute atomic E-state index is 11.7. The van der Waals surface area contributed by atoms with Gasteiger partial charge in [-0.25, -0.2) is 0 Å². The van der Waals surface area contributed by atoms with Crippen molar-refractivity contribution < 1.29 is 4.79 Å². The van der Waals surface area contributed by atoms with Crippen LogP contribution in [0.2, 0.25) is 5.02 Å². The van der Waals surface area contributed by atoms with Crippen molar-refractivity contribution in [2.45, 2.75) is 13.3 Å². The van der Waals surface area contributed by atoms with Gasteiger partial charge in [-0.1, -0.05) is 29.8 Å². The molecule has 1 aromatic carbocycles. The minimum Gasteiger partial charge on any atom is -0.398 e. The Kier molecular flexibility index (Phi) is 4.86. The quantitative estimate of drug-likeness (QED) is 0.481. The summed E-state index contributed by atoms with van der Waals surface area (Å²) < 4.78 is 0. The fraction of sp³-hybridized carbons (Fsp3) is 0.250. The first-order valence-corrected chi connectivity index (χ1v) is 5.48. The Morgan fingerprint density at radius 3 is 3.00 bits per heavy atom. The molecule has 0 aliphatic heterocycles. The average Bonchev–Trinajstić information content (AvgIpc) is 2.28. The van der Waals surface area contributed by atoms with E-state index in [0.717, 1.165) is 6.42 Å². The zero-order chi connectivity index (χ0) is 12.0. The van der Waals surface area contributed by atoms with Gasteiger partial charge in [0.1, 0.15) is 0 Å². The van der Waals surface area contributed by atoms with Gasteiger partial charge in [0.2, 0.25) is 0 Å². The van der Waals surface area contributed by atoms with E-state index in [9.17, 15) is 4.79 Å². The molecule has 0 saturated carbocycles. The molecule has 0 heterocycles. The number of carbonyl (C=O) groups is 1. The molecule has 0 atom stereocenters. The van der Waals surface area contributed by atoms with Crippen molar-refractivity contribution in [3.8, 4) is 0 Å². The Hall–Kier alpha value is -1.48. The minimum absolute atomic E-state index is 0.193. The lowest BCUT2D eigenvalue weighted by molar-refractivity contribution is 0.0954. The zero-order valence-electron chi connectivity index (χ0n) is 9.16. The molecule has 16 heavy (non-hydrogen) atoms. The van der Waals surface area contributed by atoms with Gasteiger partial charge in [0, 0.05) is 6.54 Å². The fourth-order valence-electron chi connectivity index (χ4n) is 1.26. The van der Waals surface area contributed by atoms with Crippen LogP contribution in [-0.4, -0.2) is 12.5 Å². The summed E-state index contributed by atoms with van der Waals surface area (Å²) in [6.07, 6.45) is 4.74. The van der Waals surface area contributed by atoms with Crippen molar-refractivity contribution in [2.75, 3.05) is 12.3 Å². The molecule has 0 fully saturated rings. The third-order valence-corrected chi connectivity index (χ3v) is 2.53. The summed E-state index contributed by atoms with van der Waals surface area (Å²) in [5, 5.41) is 3.08. The second-order valence-electron chi connectivity index (χ2n) is 3.32. The fourth-order valence-corrected chi connectivity index (χ4v) is 1.47. The Balaban J connectivity index is 2.63. The van der Waals surface area contributed by atoms with E-state index in [1.165, 1.54) is 0 Å². The summed E-state index contributed by atoms with van der Waals surface area (Å²) in [7, 11) is 0. The third kappa shape index (κ3) is 3.28. The second-order valence-corrected chi connectivity index (χ2v) is 3.70. The van der Waals surface area contributed by atoms with E-state index >= 15 is 0 Å². The van der Waals surface area contributed by atoms with E-state index in [4.69, 9.17) is 17.3 Å². The Labute approximate surface area is 100 Å². The number of carbonyl (C=O) groups excluding carboxylic acids is 1. The first-order valence-electron chi connectivity index (χ1n) is 5.10. The van der Waals surface area contributed by atoms with Crippen LogP contribution in [0.25, 0.3) is 0 Å². The summed E-state index contributed by atoms with van der Waals surface area (Å²) in [5.74, 6) is -0.193. The summed E-state index contributed by atoms with van der Waals surface area (Å²) in [4.78, 5) is 11.7. The molecular weight excluding hydrogens is 224 g/mol. The number of nitrogen functional groups attached to an aromatic ring is 1. The average molecular weight is 239 g/mol. The van der Waals surface area contributed by atoms with Crippen LogP contribution in [0, 0.1) is 0 Å². The minimum atomic E-state index is -0.193. The maximum atomic E-state index is 11.7. The number of nitrogens with one attached hydrogen (secondary N) is 1. The van der Waals surface area contributed by atoms with Crippen molar-refractivity contribution in [2.24, 2.45) is 0 Å². The van der Waals surface area contributed by atoms with E-state index in [-0.39, 0.29) is 5.91 Å². The third-order valence-electron chi connectivity index (χ3n) is 2.11. The van der Waals surface area contributed by atoms with Crippen LogP contribution >= 0.6 is 11.6 Å². The predicted octanol–water partition coefficient (Wildman–Crippen LogP) is 2.62. The smallest absolute Gasteiger partial charge is 0.252 e. The summed E-state index contributed by atoms with van der Waals surface area (Å²) in [6, 6.07) is 5.03. The molecule has 0 saturated heterocycles. The van der Waals surface area contributed by atoms with Crippen molar-refractivity contribution in [1.29, 1.82) is 0 Å². The van der Waals surface area contributed by atoms with Crippen molar-refractivity contribution >= 4 is 23.2 Å². The van der Waals surface area contributed by atoms with E-state index in [0.29, 0.717) is 22.8 Å². The van der Waals surface area contributed by atoms with E-state index in [2.05, 4.69) is 5.32 Å². The lowest BCUT2D eigenvalue weighted by Crippen LogP contribution is -2.24. The van der Waals surface area contributed by atoms with Crippen LogP contribution in [0.4, 0.5) is 5.69 Å². The lowest BCUT2D eigenvalue weighted by atomic mass is 10.2. The van der Waals surface area contributed by atoms with E-state index < -0.39 is 0 Å². The summed E-state index contributed by atoms with van der Waals surface area (Å²) in [5.41, 5.74) is 6.45. The van der Waals surface area contributed by atoms with Crippen molar-refractivity contribution in [1.82, 2.24) is 5.32 Å². The molecule has 4 heteroatoms. The Morgan fingerprint density at radius 1 is 1.56 bits per heavy atom. The number of benzene rings is 1. The second kappa shape index (κ2) is 6.18. The first-order chi connectivity index (χ1) is 7.66. The number of nitrogens with two attached hydrogens (primary N) is 1. The molecule has 3 N–H and O–H groups in total. The van der Waals surface area contributed by atoms with Crippen molar-refractivity contribution in [3.63, 3.8) is 0 Å². The van der Waals surface area contributed by atoms with Gasteiger partial charge in [0.05, 0.1) is 16.3 Å². The highest BCUT2D eigenvalue weighted by molar-refractivity contribution is 6.36. The van der Waals surface area contributed by atoms with Gasteiger partial charge in [-0.15, -0.1) is 0 Å². The molecular formula is C12H15ClN2O. The molecule has 0 aliphatic carbocycles. The summed E-state index contributed by atoms with van der Waals surface area (Å²) >= 11 is 5.93. The highest BCUT2D eigenvalue weighted by Gasteiger charge is 2.10. The molecule has 0 unspecified atom stereocenters. The number of rotatable bonds is 4. The first kappa shape index (κ1) is 12.6. The Morgan fingerprint density at radius 2 is 2.31 bits per heavy atom. The molecule has 3 nitrogen and oxygen atoms in total. The van der Waals surface area contributed by atoms with Gasteiger partial charge in [-0.3, -0.25) is 4.79 Å². The van der Waals surface area contributed by atoms with Crippen LogP contribution in [0.1, 0.15) is 23.7 Å². The summed E-state index contributed by atoms with van der Waals surface area (Å²) in [6.45, 7) is 2.53. The van der Waals surface area contributed by atoms with Gasteiger partial charge in [-0.05, 0) is 25.5 Å². The van der Waals surface area contributed by atoms with Gasteiger partial charge in [0.15, 0.2) is 0 Å². The molecule has 0 aliphatic rings. The van der Waals surface area contributed by atoms with Crippen molar-refractivity contribution in [3.05, 3.63) is 40.9 Å². The standard InChI is InChI=1S/C12H15ClN2O/c1-2-3-4-8-15-12(16)9-6-5-7-10(14)11(9)13/h2-3,5-7H,4,8,14H2,1H3,(H,15,16)/b3-2+. The number of halogens is 1. The Bertz CT molecular complexity index is 402. The normalized spacial score (nSPS) is 10.6.